The number of likely N-dealkylation sites (N-methyl/N-ethyl adjacent to an activating group) is 1. The first kappa shape index (κ1) is 15.5. The Hall–Kier alpha value is -0.860. The lowest BCUT2D eigenvalue weighted by Crippen LogP contribution is -2.34. The van der Waals surface area contributed by atoms with E-state index in [0.29, 0.717) is 12.1 Å². The summed E-state index contributed by atoms with van der Waals surface area (Å²) in [6.45, 7) is 7.59. The summed E-state index contributed by atoms with van der Waals surface area (Å²) >= 11 is 0. The number of ether oxygens (including phenoxy) is 1. The van der Waals surface area contributed by atoms with Gasteiger partial charge in [-0.25, -0.2) is 0 Å². The number of hydrogen-bond donors (Lipinski definition) is 1. The second kappa shape index (κ2) is 7.24. The molecule has 1 aromatic rings. The molecule has 2 nitrogen and oxygen atoms in total. The molecule has 1 fully saturated rings. The minimum atomic E-state index is 0.451. The van der Waals surface area contributed by atoms with E-state index in [1.54, 1.807) is 0 Å². The molecule has 2 heteroatoms. The van der Waals surface area contributed by atoms with Crippen molar-refractivity contribution in [1.29, 1.82) is 0 Å². The minimum absolute atomic E-state index is 0.451. The number of rotatable bonds is 5. The molecule has 1 saturated heterocycles. The topological polar surface area (TPSA) is 21.3 Å². The predicted octanol–water partition coefficient (Wildman–Crippen LogP) is 3.70. The summed E-state index contributed by atoms with van der Waals surface area (Å²) in [4.78, 5) is 0. The fourth-order valence-corrected chi connectivity index (χ4v) is 3.39. The first-order chi connectivity index (χ1) is 9.60. The van der Waals surface area contributed by atoms with Crippen LogP contribution in [0.15, 0.2) is 12.1 Å². The second-order valence-corrected chi connectivity index (χ2v) is 6.29. The van der Waals surface area contributed by atoms with Crippen LogP contribution >= 0.6 is 0 Å². The van der Waals surface area contributed by atoms with Crippen molar-refractivity contribution in [3.8, 4) is 0 Å². The van der Waals surface area contributed by atoms with Gasteiger partial charge < -0.3 is 10.1 Å². The van der Waals surface area contributed by atoms with E-state index in [1.165, 1.54) is 41.5 Å². The Morgan fingerprint density at radius 2 is 1.90 bits per heavy atom. The lowest BCUT2D eigenvalue weighted by Gasteiger charge is -2.27. The number of benzene rings is 1. The van der Waals surface area contributed by atoms with Crippen LogP contribution in [0.1, 0.15) is 47.9 Å². The van der Waals surface area contributed by atoms with Gasteiger partial charge in [0.2, 0.25) is 0 Å². The molecule has 2 atom stereocenters. The number of hydrogen-bond acceptors (Lipinski definition) is 2. The third kappa shape index (κ3) is 4.07. The van der Waals surface area contributed by atoms with E-state index in [9.17, 15) is 0 Å². The van der Waals surface area contributed by atoms with Crippen LogP contribution in [0.2, 0.25) is 0 Å². The van der Waals surface area contributed by atoms with Gasteiger partial charge in [0, 0.05) is 12.6 Å². The van der Waals surface area contributed by atoms with Gasteiger partial charge in [0.15, 0.2) is 0 Å². The van der Waals surface area contributed by atoms with Crippen LogP contribution in [-0.2, 0) is 11.2 Å². The zero-order chi connectivity index (χ0) is 14.5. The SMILES string of the molecule is CNC(Cc1c(C)cc(C)cc1C)CC1CCCCO1. The molecule has 2 rings (SSSR count). The highest BCUT2D eigenvalue weighted by Crippen LogP contribution is 2.22. The van der Waals surface area contributed by atoms with Gasteiger partial charge in [0.1, 0.15) is 0 Å². The van der Waals surface area contributed by atoms with Crippen molar-refractivity contribution in [3.05, 3.63) is 34.4 Å². The van der Waals surface area contributed by atoms with E-state index in [2.05, 4.69) is 45.3 Å². The Kier molecular flexibility index (Phi) is 5.62. The van der Waals surface area contributed by atoms with Crippen molar-refractivity contribution in [2.24, 2.45) is 0 Å². The van der Waals surface area contributed by atoms with Crippen LogP contribution in [0, 0.1) is 20.8 Å². The number of nitrogens with one attached hydrogen (secondary N) is 1. The molecule has 112 valence electrons. The van der Waals surface area contributed by atoms with Gasteiger partial charge in [-0.05, 0) is 76.6 Å². The van der Waals surface area contributed by atoms with Gasteiger partial charge in [-0.3, -0.25) is 0 Å². The molecule has 1 heterocycles. The largest absolute Gasteiger partial charge is 0.378 e. The molecule has 0 saturated carbocycles. The van der Waals surface area contributed by atoms with E-state index >= 15 is 0 Å². The standard InChI is InChI=1S/C18H29NO/c1-13-9-14(2)18(15(3)10-13)12-16(19-4)11-17-7-5-6-8-20-17/h9-10,16-17,19H,5-8,11-12H2,1-4H3. The lowest BCUT2D eigenvalue weighted by atomic mass is 9.91. The summed E-state index contributed by atoms with van der Waals surface area (Å²) in [6, 6.07) is 5.11. The highest BCUT2D eigenvalue weighted by atomic mass is 16.5. The van der Waals surface area contributed by atoms with Gasteiger partial charge in [-0.2, -0.15) is 0 Å². The Balaban J connectivity index is 2.02. The maximum absolute atomic E-state index is 5.89. The number of aryl methyl sites for hydroxylation is 3. The molecule has 0 spiro atoms. The highest BCUT2D eigenvalue weighted by molar-refractivity contribution is 5.38. The van der Waals surface area contributed by atoms with Crippen LogP contribution in [-0.4, -0.2) is 25.8 Å². The van der Waals surface area contributed by atoms with Crippen molar-refractivity contribution in [2.45, 2.75) is 65.0 Å². The Labute approximate surface area is 123 Å². The molecular weight excluding hydrogens is 246 g/mol. The molecule has 20 heavy (non-hydrogen) atoms. The van der Waals surface area contributed by atoms with Gasteiger partial charge in [0.05, 0.1) is 6.10 Å². The van der Waals surface area contributed by atoms with Crippen LogP contribution in [0.4, 0.5) is 0 Å². The molecule has 2 unspecified atom stereocenters. The van der Waals surface area contributed by atoms with Crippen LogP contribution in [0.3, 0.4) is 0 Å². The first-order valence-corrected chi connectivity index (χ1v) is 7.95. The van der Waals surface area contributed by atoms with E-state index in [0.717, 1.165) is 19.4 Å². The monoisotopic (exact) mass is 275 g/mol. The smallest absolute Gasteiger partial charge is 0.0590 e. The fourth-order valence-electron chi connectivity index (χ4n) is 3.39. The van der Waals surface area contributed by atoms with Crippen molar-refractivity contribution < 1.29 is 4.74 Å². The average Bonchev–Trinajstić information content (AvgIpc) is 2.42. The van der Waals surface area contributed by atoms with Crippen LogP contribution in [0.5, 0.6) is 0 Å². The quantitative estimate of drug-likeness (QED) is 0.884. The molecule has 0 amide bonds. The molecule has 1 N–H and O–H groups in total. The zero-order valence-corrected chi connectivity index (χ0v) is 13.5. The van der Waals surface area contributed by atoms with Crippen LogP contribution in [0.25, 0.3) is 0 Å². The molecular formula is C18H29NO. The maximum atomic E-state index is 5.89. The van der Waals surface area contributed by atoms with Gasteiger partial charge in [0.25, 0.3) is 0 Å². The van der Waals surface area contributed by atoms with Crippen molar-refractivity contribution in [2.75, 3.05) is 13.7 Å². The van der Waals surface area contributed by atoms with E-state index in [1.807, 2.05) is 0 Å². The van der Waals surface area contributed by atoms with Gasteiger partial charge >= 0.3 is 0 Å². The zero-order valence-electron chi connectivity index (χ0n) is 13.5. The average molecular weight is 275 g/mol. The van der Waals surface area contributed by atoms with Crippen LogP contribution < -0.4 is 5.32 Å². The first-order valence-electron chi connectivity index (χ1n) is 7.95. The molecule has 0 bridgehead atoms. The molecule has 1 aliphatic heterocycles. The predicted molar refractivity (Wildman–Crippen MR) is 85.4 cm³/mol. The highest BCUT2D eigenvalue weighted by Gasteiger charge is 2.20. The lowest BCUT2D eigenvalue weighted by molar-refractivity contribution is 0.00567. The van der Waals surface area contributed by atoms with Crippen molar-refractivity contribution in [3.63, 3.8) is 0 Å². The second-order valence-electron chi connectivity index (χ2n) is 6.29. The minimum Gasteiger partial charge on any atom is -0.378 e. The fraction of sp³-hybridized carbons (Fsp3) is 0.667. The molecule has 1 aromatic carbocycles. The summed E-state index contributed by atoms with van der Waals surface area (Å²) in [6.07, 6.45) is 6.47. The Morgan fingerprint density at radius 1 is 1.20 bits per heavy atom. The van der Waals surface area contributed by atoms with E-state index in [-0.39, 0.29) is 0 Å². The molecule has 1 aliphatic rings. The summed E-state index contributed by atoms with van der Waals surface area (Å²) in [5.41, 5.74) is 5.71. The molecule has 0 aromatic heterocycles. The summed E-state index contributed by atoms with van der Waals surface area (Å²) in [5, 5.41) is 3.49. The third-order valence-corrected chi connectivity index (χ3v) is 4.52. The summed E-state index contributed by atoms with van der Waals surface area (Å²) in [5.74, 6) is 0. The van der Waals surface area contributed by atoms with Crippen molar-refractivity contribution >= 4 is 0 Å². The molecule has 0 aliphatic carbocycles. The third-order valence-electron chi connectivity index (χ3n) is 4.52. The maximum Gasteiger partial charge on any atom is 0.0590 e. The summed E-state index contributed by atoms with van der Waals surface area (Å²) < 4.78 is 5.89. The van der Waals surface area contributed by atoms with E-state index < -0.39 is 0 Å². The Bertz CT molecular complexity index is 412. The molecule has 0 radical (unpaired) electrons. The normalized spacial score (nSPS) is 20.9. The Morgan fingerprint density at radius 3 is 2.45 bits per heavy atom. The van der Waals surface area contributed by atoms with E-state index in [4.69, 9.17) is 4.74 Å². The van der Waals surface area contributed by atoms with Gasteiger partial charge in [-0.15, -0.1) is 0 Å². The van der Waals surface area contributed by atoms with Gasteiger partial charge in [-0.1, -0.05) is 17.7 Å². The summed E-state index contributed by atoms with van der Waals surface area (Å²) in [7, 11) is 2.08. The van der Waals surface area contributed by atoms with Crippen molar-refractivity contribution in [1.82, 2.24) is 5.32 Å².